The minimum atomic E-state index is -1.27. The molecule has 0 spiro atoms. The summed E-state index contributed by atoms with van der Waals surface area (Å²) in [5.41, 5.74) is 1.03. The number of carbonyl (C=O) groups is 2. The van der Waals surface area contributed by atoms with Gasteiger partial charge < -0.3 is 20.1 Å². The van der Waals surface area contributed by atoms with Gasteiger partial charge in [-0.15, -0.1) is 0 Å². The van der Waals surface area contributed by atoms with E-state index in [1.54, 1.807) is 0 Å². The van der Waals surface area contributed by atoms with Crippen LogP contribution >= 0.6 is 0 Å². The zero-order valence-electron chi connectivity index (χ0n) is 19.1. The third-order valence-corrected chi connectivity index (χ3v) is 6.17. The number of aliphatic carboxylic acids is 1. The summed E-state index contributed by atoms with van der Waals surface area (Å²) < 4.78 is 5.56. The number of hydrogen-bond acceptors (Lipinski definition) is 3. The van der Waals surface area contributed by atoms with Crippen molar-refractivity contribution in [2.45, 2.75) is 51.3 Å². The lowest BCUT2D eigenvalue weighted by atomic mass is 10.0. The Labute approximate surface area is 194 Å². The number of carboxylic acids is 1. The van der Waals surface area contributed by atoms with Crippen LogP contribution in [-0.4, -0.2) is 40.2 Å². The van der Waals surface area contributed by atoms with Crippen molar-refractivity contribution >= 4 is 22.8 Å². The summed E-state index contributed by atoms with van der Waals surface area (Å²) in [7, 11) is 0. The number of amides is 2. The maximum Gasteiger partial charge on any atom is 0.347 e. The van der Waals surface area contributed by atoms with E-state index in [2.05, 4.69) is 35.6 Å². The largest absolute Gasteiger partial charge is 0.478 e. The normalized spacial score (nSPS) is 16.1. The van der Waals surface area contributed by atoms with E-state index in [0.717, 1.165) is 30.4 Å². The van der Waals surface area contributed by atoms with Crippen LogP contribution in [0.4, 0.5) is 4.79 Å². The molecule has 0 bridgehead atoms. The summed E-state index contributed by atoms with van der Waals surface area (Å²) >= 11 is 0. The Bertz CT molecular complexity index is 1140. The number of nitrogens with zero attached hydrogens (tertiary/aromatic N) is 1. The van der Waals surface area contributed by atoms with Gasteiger partial charge in [0.25, 0.3) is 0 Å². The molecule has 0 aliphatic carbocycles. The molecule has 33 heavy (non-hydrogen) atoms. The van der Waals surface area contributed by atoms with E-state index in [-0.39, 0.29) is 12.1 Å². The van der Waals surface area contributed by atoms with Crippen LogP contribution in [0.1, 0.15) is 37.8 Å². The first-order chi connectivity index (χ1) is 15.8. The summed E-state index contributed by atoms with van der Waals surface area (Å²) in [5.74, 6) is -0.460. The van der Waals surface area contributed by atoms with Crippen molar-refractivity contribution in [3.63, 3.8) is 0 Å². The molecule has 0 radical (unpaired) electrons. The minimum Gasteiger partial charge on any atom is -0.478 e. The number of aryl methyl sites for hydroxylation is 1. The fraction of sp³-hybridized carbons (Fsp3) is 0.333. The molecule has 3 aromatic carbocycles. The van der Waals surface area contributed by atoms with Crippen LogP contribution in [0.5, 0.6) is 5.75 Å². The second-order valence-electron chi connectivity index (χ2n) is 9.10. The van der Waals surface area contributed by atoms with Crippen LogP contribution in [0.3, 0.4) is 0 Å². The van der Waals surface area contributed by atoms with E-state index in [4.69, 9.17) is 4.74 Å². The molecule has 2 amide bonds. The van der Waals surface area contributed by atoms with Crippen LogP contribution in [-0.2, 0) is 17.8 Å². The Morgan fingerprint density at radius 3 is 2.48 bits per heavy atom. The van der Waals surface area contributed by atoms with Gasteiger partial charge in [-0.3, -0.25) is 0 Å². The predicted molar refractivity (Wildman–Crippen MR) is 128 cm³/mol. The van der Waals surface area contributed by atoms with E-state index in [1.165, 1.54) is 24.6 Å². The molecule has 3 aromatic rings. The second-order valence-corrected chi connectivity index (χ2v) is 9.10. The zero-order chi connectivity index (χ0) is 23.4. The molecule has 0 saturated carbocycles. The van der Waals surface area contributed by atoms with Crippen LogP contribution in [0.15, 0.2) is 66.7 Å². The van der Waals surface area contributed by atoms with Gasteiger partial charge in [0.1, 0.15) is 5.75 Å². The van der Waals surface area contributed by atoms with Gasteiger partial charge in [-0.05, 0) is 73.2 Å². The molecule has 6 nitrogen and oxygen atoms in total. The van der Waals surface area contributed by atoms with E-state index in [0.29, 0.717) is 18.8 Å². The van der Waals surface area contributed by atoms with Crippen molar-refractivity contribution in [3.05, 3.63) is 77.9 Å². The molecule has 0 aromatic heterocycles. The standard InChI is InChI=1S/C27H30N2O4/c1-27(2,25(30)31)33-24-14-11-19(12-15-24)6-5-9-23-17-28-26(32)29(23)18-20-10-13-21-7-3-4-8-22(21)16-20/h3-4,7-8,10-16,23H,5-6,9,17-18H2,1-2H3,(H,28,32)(H,30,31). The van der Waals surface area contributed by atoms with Crippen LogP contribution in [0.2, 0.25) is 0 Å². The quantitative estimate of drug-likeness (QED) is 0.485. The van der Waals surface area contributed by atoms with Crippen LogP contribution < -0.4 is 10.1 Å². The zero-order valence-corrected chi connectivity index (χ0v) is 19.1. The van der Waals surface area contributed by atoms with Crippen molar-refractivity contribution in [2.24, 2.45) is 0 Å². The van der Waals surface area contributed by atoms with Gasteiger partial charge >= 0.3 is 12.0 Å². The van der Waals surface area contributed by atoms with E-state index in [1.807, 2.05) is 41.3 Å². The van der Waals surface area contributed by atoms with Crippen LogP contribution in [0.25, 0.3) is 10.8 Å². The number of benzene rings is 3. The highest BCUT2D eigenvalue weighted by atomic mass is 16.5. The molecule has 1 aliphatic rings. The lowest BCUT2D eigenvalue weighted by molar-refractivity contribution is -0.152. The van der Waals surface area contributed by atoms with Gasteiger partial charge in [0.2, 0.25) is 0 Å². The fourth-order valence-corrected chi connectivity index (χ4v) is 4.18. The molecule has 2 N–H and O–H groups in total. The van der Waals surface area contributed by atoms with Crippen molar-refractivity contribution in [1.29, 1.82) is 0 Å². The number of rotatable bonds is 9. The van der Waals surface area contributed by atoms with Crippen molar-refractivity contribution in [2.75, 3.05) is 6.54 Å². The highest BCUT2D eigenvalue weighted by Gasteiger charge is 2.30. The van der Waals surface area contributed by atoms with Crippen LogP contribution in [0, 0.1) is 0 Å². The lowest BCUT2D eigenvalue weighted by Gasteiger charge is -2.23. The Morgan fingerprint density at radius 1 is 1.06 bits per heavy atom. The SMILES string of the molecule is CC(C)(Oc1ccc(CCCC2CNC(=O)N2Cc2ccc3ccccc3c2)cc1)C(=O)O. The molecule has 6 heteroatoms. The van der Waals surface area contributed by atoms with Gasteiger partial charge in [-0.2, -0.15) is 0 Å². The highest BCUT2D eigenvalue weighted by Crippen LogP contribution is 2.23. The van der Waals surface area contributed by atoms with E-state index < -0.39 is 11.6 Å². The summed E-state index contributed by atoms with van der Waals surface area (Å²) in [5, 5.41) is 14.6. The van der Waals surface area contributed by atoms with Crippen molar-refractivity contribution < 1.29 is 19.4 Å². The molecule has 1 unspecified atom stereocenters. The summed E-state index contributed by atoms with van der Waals surface area (Å²) in [6, 6.07) is 22.3. The summed E-state index contributed by atoms with van der Waals surface area (Å²) in [6.45, 7) is 4.34. The first-order valence-electron chi connectivity index (χ1n) is 11.4. The molecule has 1 heterocycles. The Hall–Kier alpha value is -3.54. The monoisotopic (exact) mass is 446 g/mol. The Balaban J connectivity index is 1.32. The average molecular weight is 447 g/mol. The molecular weight excluding hydrogens is 416 g/mol. The molecule has 1 aliphatic heterocycles. The Kier molecular flexibility index (Phi) is 6.54. The van der Waals surface area contributed by atoms with Gasteiger partial charge in [-0.25, -0.2) is 9.59 Å². The van der Waals surface area contributed by atoms with E-state index >= 15 is 0 Å². The van der Waals surface area contributed by atoms with Gasteiger partial charge in [0.15, 0.2) is 5.60 Å². The second kappa shape index (κ2) is 9.53. The third-order valence-electron chi connectivity index (χ3n) is 6.17. The topological polar surface area (TPSA) is 78.9 Å². The maximum atomic E-state index is 12.4. The van der Waals surface area contributed by atoms with E-state index in [9.17, 15) is 14.7 Å². The van der Waals surface area contributed by atoms with Gasteiger partial charge in [0, 0.05) is 13.1 Å². The predicted octanol–water partition coefficient (Wildman–Crippen LogP) is 5.00. The number of carboxylic acid groups (broad SMARTS) is 1. The number of nitrogens with one attached hydrogen (secondary N) is 1. The smallest absolute Gasteiger partial charge is 0.347 e. The molecule has 172 valence electrons. The Morgan fingerprint density at radius 2 is 1.76 bits per heavy atom. The first-order valence-corrected chi connectivity index (χ1v) is 11.4. The molecular formula is C27H30N2O4. The van der Waals surface area contributed by atoms with Crippen molar-refractivity contribution in [3.8, 4) is 5.75 Å². The fourth-order valence-electron chi connectivity index (χ4n) is 4.18. The number of ether oxygens (including phenoxy) is 1. The van der Waals surface area contributed by atoms with Gasteiger partial charge in [0.05, 0.1) is 6.04 Å². The van der Waals surface area contributed by atoms with Gasteiger partial charge in [-0.1, -0.05) is 48.5 Å². The van der Waals surface area contributed by atoms with Crippen molar-refractivity contribution in [1.82, 2.24) is 10.2 Å². The molecule has 1 fully saturated rings. The first kappa shape index (κ1) is 22.6. The maximum absolute atomic E-state index is 12.4. The average Bonchev–Trinajstić information content (AvgIpc) is 3.14. The number of urea groups is 1. The molecule has 4 rings (SSSR count). The highest BCUT2D eigenvalue weighted by molar-refractivity contribution is 5.83. The third kappa shape index (κ3) is 5.45. The lowest BCUT2D eigenvalue weighted by Crippen LogP contribution is -2.37. The molecule has 1 saturated heterocycles. The summed E-state index contributed by atoms with van der Waals surface area (Å²) in [4.78, 5) is 25.6. The number of carbonyl (C=O) groups excluding carboxylic acids is 1. The number of fused-ring (bicyclic) bond motifs is 1. The number of hydrogen-bond donors (Lipinski definition) is 2. The molecule has 1 atom stereocenters. The summed E-state index contributed by atoms with van der Waals surface area (Å²) in [6.07, 6.45) is 2.75. The minimum absolute atomic E-state index is 0.00398.